The van der Waals surface area contributed by atoms with Crippen molar-refractivity contribution in [3.63, 3.8) is 0 Å². The van der Waals surface area contributed by atoms with Crippen LogP contribution in [0.3, 0.4) is 0 Å². The van der Waals surface area contributed by atoms with Crippen molar-refractivity contribution in [3.05, 3.63) is 124 Å². The molecular weight excluding hydrogens is 468 g/mol. The third-order valence-electron chi connectivity index (χ3n) is 6.12. The lowest BCUT2D eigenvalue weighted by molar-refractivity contribution is -0.110. The van der Waals surface area contributed by atoms with Gasteiger partial charge in [-0.25, -0.2) is 0 Å². The second-order valence-electron chi connectivity index (χ2n) is 9.00. The maximum Gasteiger partial charge on any atom is 0.258 e. The Morgan fingerprint density at radius 3 is 2.39 bits per heavy atom. The number of nitrogens with one attached hydrogen (secondary N) is 2. The van der Waals surface area contributed by atoms with Gasteiger partial charge < -0.3 is 16.4 Å². The topological polar surface area (TPSA) is 70.4 Å². The first-order valence-corrected chi connectivity index (χ1v) is 12.1. The molecule has 180 valence electrons. The largest absolute Gasteiger partial charge is 0.399 e. The number of anilines is 3. The van der Waals surface area contributed by atoms with Crippen LogP contribution >= 0.6 is 11.6 Å². The molecule has 0 fully saturated rings. The zero-order valence-electron chi connectivity index (χ0n) is 20.0. The molecule has 0 aromatic heterocycles. The number of hydrogen-bond acceptors (Lipinski definition) is 4. The second kappa shape index (κ2) is 10.3. The molecule has 36 heavy (non-hydrogen) atoms. The fraction of sp³-hybridized carbons (Fsp3) is 0.100. The van der Waals surface area contributed by atoms with Crippen molar-refractivity contribution in [1.29, 1.82) is 0 Å². The van der Waals surface area contributed by atoms with E-state index in [9.17, 15) is 4.79 Å². The highest BCUT2D eigenvalue weighted by atomic mass is 35.5. The molecule has 0 unspecified atom stereocenters. The molecule has 1 heterocycles. The summed E-state index contributed by atoms with van der Waals surface area (Å²) in [6.07, 6.45) is 0. The van der Waals surface area contributed by atoms with Crippen molar-refractivity contribution < 1.29 is 4.79 Å². The number of nitrogens with zero attached hydrogens (tertiary/aromatic N) is 1. The maximum atomic E-state index is 13.0. The SMILES string of the molecule is CN(Cc1ccc(N/C(=C2\C(=O)Nc3ccc(N)cc32)c2ccccc2)cc1)Cc1cccc(Cl)c1. The van der Waals surface area contributed by atoms with E-state index in [-0.39, 0.29) is 5.91 Å². The van der Waals surface area contributed by atoms with Crippen LogP contribution in [0.5, 0.6) is 0 Å². The van der Waals surface area contributed by atoms with Crippen LogP contribution in [0.1, 0.15) is 22.3 Å². The summed E-state index contributed by atoms with van der Waals surface area (Å²) < 4.78 is 0. The molecule has 0 aliphatic carbocycles. The highest BCUT2D eigenvalue weighted by Gasteiger charge is 2.28. The highest BCUT2D eigenvalue weighted by Crippen LogP contribution is 2.38. The normalized spacial score (nSPS) is 13.9. The zero-order chi connectivity index (χ0) is 25.1. The summed E-state index contributed by atoms with van der Waals surface area (Å²) in [4.78, 5) is 15.3. The van der Waals surface area contributed by atoms with Crippen LogP contribution in [0.4, 0.5) is 17.1 Å². The number of nitrogens with two attached hydrogens (primary N) is 1. The summed E-state index contributed by atoms with van der Waals surface area (Å²) in [5.74, 6) is -0.152. The van der Waals surface area contributed by atoms with E-state index >= 15 is 0 Å². The van der Waals surface area contributed by atoms with Gasteiger partial charge in [0.1, 0.15) is 0 Å². The standard InChI is InChI=1S/C30H27ClN4O/c1-35(19-21-6-5-9-23(31)16-21)18-20-10-13-25(14-11-20)33-29(22-7-3-2-4-8-22)28-26-17-24(32)12-15-27(26)34-30(28)36/h2-17,33H,18-19,32H2,1H3,(H,34,36)/b29-28-. The van der Waals surface area contributed by atoms with E-state index < -0.39 is 0 Å². The number of rotatable bonds is 7. The first kappa shape index (κ1) is 23.7. The summed E-state index contributed by atoms with van der Waals surface area (Å²) in [5.41, 5.74) is 13.7. The van der Waals surface area contributed by atoms with Crippen molar-refractivity contribution in [3.8, 4) is 0 Å². The molecule has 0 radical (unpaired) electrons. The lowest BCUT2D eigenvalue weighted by atomic mass is 9.99. The highest BCUT2D eigenvalue weighted by molar-refractivity contribution is 6.37. The fourth-order valence-electron chi connectivity index (χ4n) is 4.47. The van der Waals surface area contributed by atoms with Gasteiger partial charge in [0, 0.05) is 40.7 Å². The molecule has 0 saturated heterocycles. The van der Waals surface area contributed by atoms with Gasteiger partial charge in [-0.3, -0.25) is 9.69 Å². The van der Waals surface area contributed by atoms with Gasteiger partial charge in [0.05, 0.1) is 11.3 Å². The molecule has 0 atom stereocenters. The number of nitrogen functional groups attached to an aromatic ring is 1. The Kier molecular flexibility index (Phi) is 6.76. The van der Waals surface area contributed by atoms with E-state index in [4.69, 9.17) is 17.3 Å². The van der Waals surface area contributed by atoms with Gasteiger partial charge in [-0.1, -0.05) is 66.2 Å². The Bertz CT molecular complexity index is 1430. The molecule has 1 amide bonds. The minimum Gasteiger partial charge on any atom is -0.399 e. The molecule has 4 N–H and O–H groups in total. The van der Waals surface area contributed by atoms with Crippen molar-refractivity contribution >= 4 is 45.8 Å². The number of carbonyl (C=O) groups is 1. The molecular formula is C30H27ClN4O. The lowest BCUT2D eigenvalue weighted by Crippen LogP contribution is -2.17. The molecule has 4 aromatic carbocycles. The molecule has 0 saturated carbocycles. The van der Waals surface area contributed by atoms with Crippen LogP contribution in [0.2, 0.25) is 5.02 Å². The molecule has 6 heteroatoms. The van der Waals surface area contributed by atoms with Gasteiger partial charge in [0.15, 0.2) is 0 Å². The number of halogens is 1. The Morgan fingerprint density at radius 2 is 1.64 bits per heavy atom. The number of amides is 1. The maximum absolute atomic E-state index is 13.0. The minimum absolute atomic E-state index is 0.152. The predicted octanol–water partition coefficient (Wildman–Crippen LogP) is 6.49. The third-order valence-corrected chi connectivity index (χ3v) is 6.35. The molecule has 0 spiro atoms. The van der Waals surface area contributed by atoms with Crippen molar-refractivity contribution in [2.75, 3.05) is 23.4 Å². The average molecular weight is 495 g/mol. The van der Waals surface area contributed by atoms with Crippen LogP contribution < -0.4 is 16.4 Å². The van der Waals surface area contributed by atoms with Crippen molar-refractivity contribution in [2.45, 2.75) is 13.1 Å². The van der Waals surface area contributed by atoms with E-state index in [0.29, 0.717) is 11.3 Å². The Labute approximate surface area is 216 Å². The van der Waals surface area contributed by atoms with E-state index in [1.54, 1.807) is 6.07 Å². The Balaban J connectivity index is 1.40. The number of hydrogen-bond donors (Lipinski definition) is 3. The first-order valence-electron chi connectivity index (χ1n) is 11.8. The van der Waals surface area contributed by atoms with Crippen molar-refractivity contribution in [2.24, 2.45) is 0 Å². The van der Waals surface area contributed by atoms with E-state index in [1.807, 2.05) is 72.8 Å². The van der Waals surface area contributed by atoms with E-state index in [0.717, 1.165) is 46.3 Å². The van der Waals surface area contributed by atoms with Crippen LogP contribution in [-0.2, 0) is 17.9 Å². The number of fused-ring (bicyclic) bond motifs is 1. The van der Waals surface area contributed by atoms with Crippen molar-refractivity contribution in [1.82, 2.24) is 4.90 Å². The average Bonchev–Trinajstić information content (AvgIpc) is 3.18. The smallest absolute Gasteiger partial charge is 0.258 e. The summed E-state index contributed by atoms with van der Waals surface area (Å²) in [5, 5.41) is 7.21. The molecule has 0 bridgehead atoms. The monoisotopic (exact) mass is 494 g/mol. The summed E-state index contributed by atoms with van der Waals surface area (Å²) in [6, 6.07) is 31.6. The number of benzene rings is 4. The van der Waals surface area contributed by atoms with Crippen LogP contribution in [0.25, 0.3) is 11.3 Å². The van der Waals surface area contributed by atoms with Gasteiger partial charge in [-0.15, -0.1) is 0 Å². The molecule has 5 rings (SSSR count). The van der Waals surface area contributed by atoms with Crippen LogP contribution in [0.15, 0.2) is 97.1 Å². The minimum atomic E-state index is -0.152. The van der Waals surface area contributed by atoms with Crippen LogP contribution in [-0.4, -0.2) is 17.9 Å². The van der Waals surface area contributed by atoms with Gasteiger partial charge in [-0.05, 0) is 66.2 Å². The summed E-state index contributed by atoms with van der Waals surface area (Å²) in [7, 11) is 2.09. The van der Waals surface area contributed by atoms with Gasteiger partial charge in [0.2, 0.25) is 0 Å². The summed E-state index contributed by atoms with van der Waals surface area (Å²) >= 11 is 6.12. The molecule has 1 aliphatic heterocycles. The third kappa shape index (κ3) is 5.28. The number of carbonyl (C=O) groups excluding carboxylic acids is 1. The molecule has 1 aliphatic rings. The van der Waals surface area contributed by atoms with E-state index in [2.05, 4.69) is 40.8 Å². The fourth-order valence-corrected chi connectivity index (χ4v) is 4.68. The zero-order valence-corrected chi connectivity index (χ0v) is 20.7. The molecule has 5 nitrogen and oxygen atoms in total. The van der Waals surface area contributed by atoms with Gasteiger partial charge >= 0.3 is 0 Å². The van der Waals surface area contributed by atoms with E-state index in [1.165, 1.54) is 11.1 Å². The summed E-state index contributed by atoms with van der Waals surface area (Å²) in [6.45, 7) is 1.61. The van der Waals surface area contributed by atoms with Crippen LogP contribution in [0, 0.1) is 0 Å². The molecule has 4 aromatic rings. The quantitative estimate of drug-likeness (QED) is 0.203. The Morgan fingerprint density at radius 1 is 0.889 bits per heavy atom. The lowest BCUT2D eigenvalue weighted by Gasteiger charge is -2.18. The predicted molar refractivity (Wildman–Crippen MR) is 149 cm³/mol. The van der Waals surface area contributed by atoms with Gasteiger partial charge in [-0.2, -0.15) is 0 Å². The second-order valence-corrected chi connectivity index (χ2v) is 9.44. The first-order chi connectivity index (χ1) is 17.5. The Hall–Kier alpha value is -4.06. The van der Waals surface area contributed by atoms with Gasteiger partial charge in [0.25, 0.3) is 5.91 Å².